The minimum atomic E-state index is -0.677. The minimum absolute atomic E-state index is 0.112. The van der Waals surface area contributed by atoms with Crippen molar-refractivity contribution in [3.05, 3.63) is 50.6 Å². The van der Waals surface area contributed by atoms with E-state index < -0.39 is 9.85 Å². The van der Waals surface area contributed by atoms with Crippen LogP contribution in [0.4, 0.5) is 17.1 Å². The van der Waals surface area contributed by atoms with E-state index >= 15 is 0 Å². The van der Waals surface area contributed by atoms with E-state index in [-0.39, 0.29) is 17.1 Å². The Morgan fingerprint density at radius 2 is 1.96 bits per heavy atom. The summed E-state index contributed by atoms with van der Waals surface area (Å²) >= 11 is 0. The highest BCUT2D eigenvalue weighted by Crippen LogP contribution is 2.28. The molecular weight excluding hydrogens is 312 g/mol. The molecule has 0 spiro atoms. The second kappa shape index (κ2) is 10.1. The molecular formula is C16H22N4O4. The molecule has 1 aromatic carbocycles. The molecule has 1 N–H and O–H groups in total. The summed E-state index contributed by atoms with van der Waals surface area (Å²) in [6, 6.07) is 3.39. The van der Waals surface area contributed by atoms with Crippen LogP contribution in [0.5, 0.6) is 0 Å². The lowest BCUT2D eigenvalue weighted by atomic mass is 10.1. The number of nitro benzene ring substituents is 2. The molecule has 0 aliphatic rings. The van der Waals surface area contributed by atoms with Crippen LogP contribution in [-0.2, 0) is 0 Å². The maximum atomic E-state index is 11.0. The molecule has 0 bridgehead atoms. The highest BCUT2D eigenvalue weighted by atomic mass is 16.6. The van der Waals surface area contributed by atoms with Crippen molar-refractivity contribution < 1.29 is 9.85 Å². The standard InChI is InChI=1S/C16H22N4O4/c1-3-4-5-6-7-8-9-13(2)17-18-15-11-10-14(19(21)22)12-16(15)20(23)24/h8-12,18H,3-7H2,1-2H3/b9-8-,17-13+. The van der Waals surface area contributed by atoms with Gasteiger partial charge in [-0.05, 0) is 31.9 Å². The number of anilines is 1. The summed E-state index contributed by atoms with van der Waals surface area (Å²) in [5.74, 6) is 0. The minimum Gasteiger partial charge on any atom is -0.271 e. The number of benzene rings is 1. The van der Waals surface area contributed by atoms with Gasteiger partial charge in [-0.15, -0.1) is 0 Å². The summed E-state index contributed by atoms with van der Waals surface area (Å²) in [7, 11) is 0. The Labute approximate surface area is 140 Å². The van der Waals surface area contributed by atoms with Crippen LogP contribution in [-0.4, -0.2) is 15.6 Å². The van der Waals surface area contributed by atoms with E-state index in [4.69, 9.17) is 0 Å². The van der Waals surface area contributed by atoms with Crippen LogP contribution < -0.4 is 5.43 Å². The Balaban J connectivity index is 2.69. The maximum Gasteiger partial charge on any atom is 0.301 e. The van der Waals surface area contributed by atoms with Crippen LogP contribution in [0.15, 0.2) is 35.5 Å². The molecule has 24 heavy (non-hydrogen) atoms. The Morgan fingerprint density at radius 1 is 1.21 bits per heavy atom. The van der Waals surface area contributed by atoms with Crippen LogP contribution >= 0.6 is 0 Å². The number of nitrogens with zero attached hydrogens (tertiary/aromatic N) is 3. The van der Waals surface area contributed by atoms with E-state index in [1.54, 1.807) is 6.92 Å². The summed E-state index contributed by atoms with van der Waals surface area (Å²) in [6.07, 6.45) is 9.57. The SMILES string of the molecule is CCCCCC/C=C\C(C)=N\Nc1ccc([N+](=O)[O-])cc1[N+](=O)[O-]. The number of nitro groups is 2. The van der Waals surface area contributed by atoms with Crippen molar-refractivity contribution in [1.29, 1.82) is 0 Å². The van der Waals surface area contributed by atoms with E-state index in [9.17, 15) is 20.2 Å². The number of hydrogen-bond acceptors (Lipinski definition) is 6. The zero-order valence-electron chi connectivity index (χ0n) is 13.9. The van der Waals surface area contributed by atoms with Gasteiger partial charge in [-0.3, -0.25) is 25.7 Å². The quantitative estimate of drug-likeness (QED) is 0.285. The largest absolute Gasteiger partial charge is 0.301 e. The molecule has 0 fully saturated rings. The topological polar surface area (TPSA) is 111 Å². The van der Waals surface area contributed by atoms with Crippen molar-refractivity contribution in [3.63, 3.8) is 0 Å². The van der Waals surface area contributed by atoms with Crippen molar-refractivity contribution in [1.82, 2.24) is 0 Å². The molecule has 0 radical (unpaired) electrons. The van der Waals surface area contributed by atoms with E-state index in [2.05, 4.69) is 17.5 Å². The van der Waals surface area contributed by atoms with Crippen molar-refractivity contribution >= 4 is 22.8 Å². The first kappa shape index (κ1) is 19.3. The normalized spacial score (nSPS) is 11.7. The van der Waals surface area contributed by atoms with Gasteiger partial charge in [0, 0.05) is 6.07 Å². The highest BCUT2D eigenvalue weighted by molar-refractivity contribution is 5.93. The molecule has 0 aliphatic carbocycles. The predicted octanol–water partition coefficient (Wildman–Crippen LogP) is 4.82. The van der Waals surface area contributed by atoms with E-state index in [0.717, 1.165) is 18.9 Å². The molecule has 0 saturated carbocycles. The van der Waals surface area contributed by atoms with Gasteiger partial charge in [0.05, 0.1) is 21.6 Å². The Hall–Kier alpha value is -2.77. The number of hydrazone groups is 1. The van der Waals surface area contributed by atoms with Crippen LogP contribution in [0.25, 0.3) is 0 Å². The van der Waals surface area contributed by atoms with E-state index in [1.165, 1.54) is 31.4 Å². The third-order valence-electron chi connectivity index (χ3n) is 3.32. The fourth-order valence-electron chi connectivity index (χ4n) is 2.01. The van der Waals surface area contributed by atoms with E-state index in [1.807, 2.05) is 12.2 Å². The first-order valence-corrected chi connectivity index (χ1v) is 7.85. The second-order valence-electron chi connectivity index (χ2n) is 5.33. The van der Waals surface area contributed by atoms with Gasteiger partial charge < -0.3 is 0 Å². The lowest BCUT2D eigenvalue weighted by molar-refractivity contribution is -0.393. The van der Waals surface area contributed by atoms with Crippen molar-refractivity contribution in [2.24, 2.45) is 5.10 Å². The number of hydrogen-bond donors (Lipinski definition) is 1. The highest BCUT2D eigenvalue weighted by Gasteiger charge is 2.19. The first-order chi connectivity index (χ1) is 11.5. The van der Waals surface area contributed by atoms with Gasteiger partial charge in [0.25, 0.3) is 5.69 Å². The number of non-ortho nitro benzene ring substituents is 1. The third-order valence-corrected chi connectivity index (χ3v) is 3.32. The van der Waals surface area contributed by atoms with Gasteiger partial charge in [-0.1, -0.05) is 32.3 Å². The summed E-state index contributed by atoms with van der Waals surface area (Å²) in [4.78, 5) is 20.4. The fraction of sp³-hybridized carbons (Fsp3) is 0.438. The van der Waals surface area contributed by atoms with Gasteiger partial charge in [-0.2, -0.15) is 5.10 Å². The van der Waals surface area contributed by atoms with Crippen LogP contribution in [0.3, 0.4) is 0 Å². The summed E-state index contributed by atoms with van der Waals surface area (Å²) in [5.41, 5.74) is 2.65. The molecule has 0 saturated heterocycles. The number of unbranched alkanes of at least 4 members (excludes halogenated alkanes) is 4. The summed E-state index contributed by atoms with van der Waals surface area (Å²) < 4.78 is 0. The average molecular weight is 334 g/mol. The molecule has 0 unspecified atom stereocenters. The molecule has 130 valence electrons. The Kier molecular flexibility index (Phi) is 8.10. The zero-order chi connectivity index (χ0) is 17.9. The predicted molar refractivity (Wildman–Crippen MR) is 94.4 cm³/mol. The van der Waals surface area contributed by atoms with Gasteiger partial charge in [0.1, 0.15) is 5.69 Å². The zero-order valence-corrected chi connectivity index (χ0v) is 13.9. The molecule has 0 atom stereocenters. The Morgan fingerprint density at radius 3 is 2.58 bits per heavy atom. The summed E-state index contributed by atoms with van der Waals surface area (Å²) in [6.45, 7) is 3.93. The molecule has 8 nitrogen and oxygen atoms in total. The van der Waals surface area contributed by atoms with Gasteiger partial charge in [0.15, 0.2) is 0 Å². The second-order valence-corrected chi connectivity index (χ2v) is 5.33. The molecule has 1 aromatic rings. The van der Waals surface area contributed by atoms with Crippen LogP contribution in [0, 0.1) is 20.2 Å². The lowest BCUT2D eigenvalue weighted by Crippen LogP contribution is -2.00. The molecule has 0 amide bonds. The average Bonchev–Trinajstić information content (AvgIpc) is 2.55. The molecule has 1 rings (SSSR count). The van der Waals surface area contributed by atoms with Gasteiger partial charge in [-0.25, -0.2) is 0 Å². The third kappa shape index (κ3) is 6.55. The number of rotatable bonds is 10. The Bertz CT molecular complexity index is 641. The van der Waals surface area contributed by atoms with Gasteiger partial charge in [0.2, 0.25) is 0 Å². The number of allylic oxidation sites excluding steroid dienone is 2. The van der Waals surface area contributed by atoms with Crippen molar-refractivity contribution in [2.75, 3.05) is 5.43 Å². The lowest BCUT2D eigenvalue weighted by Gasteiger charge is -2.02. The molecule has 0 aliphatic heterocycles. The monoisotopic (exact) mass is 334 g/mol. The van der Waals surface area contributed by atoms with Gasteiger partial charge >= 0.3 is 5.69 Å². The van der Waals surface area contributed by atoms with E-state index in [0.29, 0.717) is 5.71 Å². The number of nitrogens with one attached hydrogen (secondary N) is 1. The first-order valence-electron chi connectivity index (χ1n) is 7.85. The van der Waals surface area contributed by atoms with Crippen molar-refractivity contribution in [3.8, 4) is 0 Å². The smallest absolute Gasteiger partial charge is 0.271 e. The maximum absolute atomic E-state index is 11.0. The molecule has 8 heteroatoms. The fourth-order valence-corrected chi connectivity index (χ4v) is 2.01. The molecule has 0 aromatic heterocycles. The van der Waals surface area contributed by atoms with Crippen LogP contribution in [0.2, 0.25) is 0 Å². The molecule has 0 heterocycles. The van der Waals surface area contributed by atoms with Crippen LogP contribution in [0.1, 0.15) is 46.0 Å². The van der Waals surface area contributed by atoms with Crippen molar-refractivity contribution in [2.45, 2.75) is 46.0 Å². The summed E-state index contributed by atoms with van der Waals surface area (Å²) in [5, 5.41) is 25.8.